The van der Waals surface area contributed by atoms with E-state index in [1.165, 1.54) is 25.7 Å². The van der Waals surface area contributed by atoms with Crippen LogP contribution in [0.3, 0.4) is 0 Å². The molecule has 0 heterocycles. The van der Waals surface area contributed by atoms with E-state index in [-0.39, 0.29) is 6.10 Å². The average Bonchev–Trinajstić information content (AvgIpc) is 2.71. The lowest BCUT2D eigenvalue weighted by Gasteiger charge is -2.21. The SMILES string of the molecule is CCCCCOCC(COP(OC)OCc1ccccc1)OCCCCC. The van der Waals surface area contributed by atoms with Gasteiger partial charge in [-0.1, -0.05) is 69.9 Å². The fraction of sp³-hybridized carbons (Fsp3) is 0.714. The normalized spacial score (nSPS) is 13.6. The van der Waals surface area contributed by atoms with Crippen LogP contribution in [0.25, 0.3) is 0 Å². The Morgan fingerprint density at radius 3 is 2.22 bits per heavy atom. The third kappa shape index (κ3) is 13.3. The summed E-state index contributed by atoms with van der Waals surface area (Å²) in [4.78, 5) is 0. The molecular formula is C21H37O5P. The van der Waals surface area contributed by atoms with Crippen LogP contribution in [0.15, 0.2) is 30.3 Å². The zero-order valence-electron chi connectivity index (χ0n) is 17.2. The fourth-order valence-electron chi connectivity index (χ4n) is 2.40. The van der Waals surface area contributed by atoms with Crippen LogP contribution in [0.4, 0.5) is 0 Å². The molecule has 0 amide bonds. The van der Waals surface area contributed by atoms with Crippen molar-refractivity contribution in [1.29, 1.82) is 0 Å². The maximum atomic E-state index is 5.96. The van der Waals surface area contributed by atoms with Crippen LogP contribution < -0.4 is 0 Å². The van der Waals surface area contributed by atoms with Crippen molar-refractivity contribution in [3.8, 4) is 0 Å². The zero-order valence-corrected chi connectivity index (χ0v) is 18.1. The molecule has 27 heavy (non-hydrogen) atoms. The summed E-state index contributed by atoms with van der Waals surface area (Å²) in [5.41, 5.74) is 1.09. The van der Waals surface area contributed by atoms with E-state index >= 15 is 0 Å². The minimum Gasteiger partial charge on any atom is -0.379 e. The number of hydrogen-bond donors (Lipinski definition) is 0. The van der Waals surface area contributed by atoms with Crippen molar-refractivity contribution in [2.75, 3.05) is 33.5 Å². The number of hydrogen-bond acceptors (Lipinski definition) is 5. The minimum absolute atomic E-state index is 0.0936. The second-order valence-electron chi connectivity index (χ2n) is 6.44. The molecule has 0 saturated heterocycles. The summed E-state index contributed by atoms with van der Waals surface area (Å²) in [5.74, 6) is 0. The number of ether oxygens (including phenoxy) is 2. The van der Waals surface area contributed by atoms with Crippen LogP contribution in [0.5, 0.6) is 0 Å². The average molecular weight is 400 g/mol. The molecule has 0 fully saturated rings. The van der Waals surface area contributed by atoms with E-state index in [9.17, 15) is 0 Å². The van der Waals surface area contributed by atoms with Gasteiger partial charge in [0.05, 0.1) is 19.8 Å². The first-order valence-electron chi connectivity index (χ1n) is 10.1. The van der Waals surface area contributed by atoms with E-state index < -0.39 is 8.60 Å². The van der Waals surface area contributed by atoms with Gasteiger partial charge >= 0.3 is 8.60 Å². The third-order valence-corrected chi connectivity index (χ3v) is 4.99. The first-order valence-corrected chi connectivity index (χ1v) is 11.2. The number of rotatable bonds is 18. The fourth-order valence-corrected chi connectivity index (χ4v) is 3.23. The quantitative estimate of drug-likeness (QED) is 0.228. The Hall–Kier alpha value is -0.550. The van der Waals surface area contributed by atoms with Crippen molar-refractivity contribution >= 4 is 8.60 Å². The molecule has 6 heteroatoms. The highest BCUT2D eigenvalue weighted by Gasteiger charge is 2.16. The predicted octanol–water partition coefficient (Wildman–Crippen LogP) is 5.88. The Balaban J connectivity index is 2.33. The van der Waals surface area contributed by atoms with Gasteiger partial charge in [-0.3, -0.25) is 0 Å². The first-order chi connectivity index (χ1) is 13.3. The molecule has 0 saturated carbocycles. The zero-order chi connectivity index (χ0) is 19.6. The van der Waals surface area contributed by atoms with Gasteiger partial charge in [-0.2, -0.15) is 0 Å². The van der Waals surface area contributed by atoms with Gasteiger partial charge in [0.1, 0.15) is 6.10 Å². The molecule has 1 aromatic rings. The summed E-state index contributed by atoms with van der Waals surface area (Å²) in [6, 6.07) is 10.0. The van der Waals surface area contributed by atoms with Gasteiger partial charge in [-0.25, -0.2) is 0 Å². The summed E-state index contributed by atoms with van der Waals surface area (Å²) < 4.78 is 28.7. The van der Waals surface area contributed by atoms with Gasteiger partial charge in [0, 0.05) is 20.3 Å². The molecule has 0 N–H and O–H groups in total. The molecular weight excluding hydrogens is 363 g/mol. The van der Waals surface area contributed by atoms with E-state index in [2.05, 4.69) is 13.8 Å². The summed E-state index contributed by atoms with van der Waals surface area (Å²) in [6.45, 7) is 7.30. The summed E-state index contributed by atoms with van der Waals surface area (Å²) >= 11 is 0. The van der Waals surface area contributed by atoms with Gasteiger partial charge in [0.2, 0.25) is 0 Å². The molecule has 0 aliphatic carbocycles. The highest BCUT2D eigenvalue weighted by molar-refractivity contribution is 7.41. The highest BCUT2D eigenvalue weighted by atomic mass is 31.2. The maximum Gasteiger partial charge on any atom is 0.332 e. The summed E-state index contributed by atoms with van der Waals surface area (Å²) in [7, 11) is 0.210. The van der Waals surface area contributed by atoms with Crippen LogP contribution in [0.2, 0.25) is 0 Å². The van der Waals surface area contributed by atoms with E-state index in [1.807, 2.05) is 30.3 Å². The van der Waals surface area contributed by atoms with Gasteiger partial charge in [0.25, 0.3) is 0 Å². The molecule has 0 bridgehead atoms. The third-order valence-electron chi connectivity index (χ3n) is 3.99. The van der Waals surface area contributed by atoms with Crippen molar-refractivity contribution in [3.63, 3.8) is 0 Å². The molecule has 0 aromatic heterocycles. The molecule has 2 unspecified atom stereocenters. The Morgan fingerprint density at radius 1 is 0.852 bits per heavy atom. The second-order valence-corrected chi connectivity index (χ2v) is 7.77. The van der Waals surface area contributed by atoms with Gasteiger partial charge in [-0.05, 0) is 18.4 Å². The molecule has 1 rings (SSSR count). The Labute approximate surface area is 166 Å². The molecule has 5 nitrogen and oxygen atoms in total. The highest BCUT2D eigenvalue weighted by Crippen LogP contribution is 2.39. The second kappa shape index (κ2) is 17.5. The van der Waals surface area contributed by atoms with Crippen LogP contribution in [0, 0.1) is 0 Å². The van der Waals surface area contributed by atoms with Crippen molar-refractivity contribution in [2.45, 2.75) is 65.1 Å². The van der Waals surface area contributed by atoms with E-state index in [0.717, 1.165) is 31.6 Å². The first kappa shape index (κ1) is 24.5. The van der Waals surface area contributed by atoms with Crippen LogP contribution in [0.1, 0.15) is 57.9 Å². The van der Waals surface area contributed by atoms with Gasteiger partial charge in [-0.15, -0.1) is 0 Å². The van der Waals surface area contributed by atoms with E-state index in [4.69, 9.17) is 23.0 Å². The minimum atomic E-state index is -1.40. The Bertz CT molecular complexity index is 432. The van der Waals surface area contributed by atoms with E-state index in [1.54, 1.807) is 7.11 Å². The molecule has 0 aliphatic rings. The molecule has 2 atom stereocenters. The lowest BCUT2D eigenvalue weighted by atomic mass is 10.2. The van der Waals surface area contributed by atoms with Crippen molar-refractivity contribution in [3.05, 3.63) is 35.9 Å². The van der Waals surface area contributed by atoms with Crippen LogP contribution in [-0.2, 0) is 29.7 Å². The summed E-state index contributed by atoms with van der Waals surface area (Å²) in [5, 5.41) is 0. The molecule has 156 valence electrons. The standard InChI is InChI=1S/C21H37O5P/c1-4-6-11-15-23-18-21(24-16-12-7-5-2)19-26-27(22-3)25-17-20-13-9-8-10-14-20/h8-10,13-14,21H,4-7,11-12,15-19H2,1-3H3. The topological polar surface area (TPSA) is 46.2 Å². The smallest absolute Gasteiger partial charge is 0.332 e. The predicted molar refractivity (Wildman–Crippen MR) is 111 cm³/mol. The summed E-state index contributed by atoms with van der Waals surface area (Å²) in [6.07, 6.45) is 6.80. The van der Waals surface area contributed by atoms with Gasteiger partial charge < -0.3 is 23.0 Å². The number of unbranched alkanes of at least 4 members (excludes halogenated alkanes) is 4. The Kier molecular flexibility index (Phi) is 15.9. The monoisotopic (exact) mass is 400 g/mol. The molecule has 0 radical (unpaired) electrons. The van der Waals surface area contributed by atoms with Crippen LogP contribution in [-0.4, -0.2) is 39.6 Å². The Morgan fingerprint density at radius 2 is 1.56 bits per heavy atom. The van der Waals surface area contributed by atoms with Crippen LogP contribution >= 0.6 is 8.60 Å². The lowest BCUT2D eigenvalue weighted by molar-refractivity contribution is -0.0419. The van der Waals surface area contributed by atoms with Crippen molar-refractivity contribution in [2.24, 2.45) is 0 Å². The molecule has 0 spiro atoms. The molecule has 1 aromatic carbocycles. The number of benzene rings is 1. The van der Waals surface area contributed by atoms with Crippen molar-refractivity contribution in [1.82, 2.24) is 0 Å². The lowest BCUT2D eigenvalue weighted by Crippen LogP contribution is -2.26. The van der Waals surface area contributed by atoms with Crippen molar-refractivity contribution < 1.29 is 23.0 Å². The maximum absolute atomic E-state index is 5.96. The van der Waals surface area contributed by atoms with Gasteiger partial charge in [0.15, 0.2) is 0 Å². The largest absolute Gasteiger partial charge is 0.379 e. The molecule has 0 aliphatic heterocycles. The van der Waals surface area contributed by atoms with E-state index in [0.29, 0.717) is 19.8 Å².